The number of anilines is 1. The topological polar surface area (TPSA) is 51.2 Å². The number of carbonyl (C=O) groups excluding carboxylic acids is 1. The summed E-state index contributed by atoms with van der Waals surface area (Å²) in [4.78, 5) is 15.8. The lowest BCUT2D eigenvalue weighted by molar-refractivity contribution is -0.143. The van der Waals surface area contributed by atoms with Crippen molar-refractivity contribution in [3.8, 4) is 0 Å². The number of ether oxygens (including phenoxy) is 1. The first-order valence-electron chi connectivity index (χ1n) is 7.87. The largest absolute Gasteiger partial charge is 0.466 e. The van der Waals surface area contributed by atoms with E-state index in [1.165, 1.54) is 12.8 Å². The summed E-state index contributed by atoms with van der Waals surface area (Å²) < 4.78 is 4.92. The molecular weight excluding hydrogens is 284 g/mol. The summed E-state index contributed by atoms with van der Waals surface area (Å²) >= 11 is 1.61. The minimum atomic E-state index is -0.151. The van der Waals surface area contributed by atoms with Crippen molar-refractivity contribution in [1.29, 1.82) is 0 Å². The van der Waals surface area contributed by atoms with Gasteiger partial charge in [-0.1, -0.05) is 26.7 Å². The second kappa shape index (κ2) is 9.77. The summed E-state index contributed by atoms with van der Waals surface area (Å²) in [5.74, 6) is 0.619. The van der Waals surface area contributed by atoms with Gasteiger partial charge in [0.15, 0.2) is 5.13 Å². The Hall–Kier alpha value is -1.10. The first-order chi connectivity index (χ1) is 10.0. The van der Waals surface area contributed by atoms with E-state index >= 15 is 0 Å². The second-order valence-corrected chi connectivity index (χ2v) is 6.68. The molecule has 1 atom stereocenters. The number of esters is 1. The van der Waals surface area contributed by atoms with Crippen molar-refractivity contribution >= 4 is 22.4 Å². The van der Waals surface area contributed by atoms with Crippen LogP contribution >= 0.6 is 11.3 Å². The number of hydrogen-bond acceptors (Lipinski definition) is 5. The van der Waals surface area contributed by atoms with Crippen LogP contribution in [0.1, 0.15) is 59.1 Å². The van der Waals surface area contributed by atoms with E-state index in [1.54, 1.807) is 11.3 Å². The van der Waals surface area contributed by atoms with E-state index in [0.717, 1.165) is 23.2 Å². The van der Waals surface area contributed by atoms with E-state index in [4.69, 9.17) is 4.74 Å². The Labute approximate surface area is 132 Å². The average molecular weight is 312 g/mol. The van der Waals surface area contributed by atoms with E-state index in [2.05, 4.69) is 31.1 Å². The fourth-order valence-electron chi connectivity index (χ4n) is 2.07. The van der Waals surface area contributed by atoms with Crippen molar-refractivity contribution in [2.75, 3.05) is 11.9 Å². The van der Waals surface area contributed by atoms with Gasteiger partial charge in [0.25, 0.3) is 0 Å². The van der Waals surface area contributed by atoms with Crippen molar-refractivity contribution in [1.82, 2.24) is 4.98 Å². The highest BCUT2D eigenvalue weighted by Gasteiger charge is 2.08. The molecule has 4 nitrogen and oxygen atoms in total. The molecule has 0 fully saturated rings. The van der Waals surface area contributed by atoms with Crippen LogP contribution in [0.25, 0.3) is 0 Å². The predicted molar refractivity (Wildman–Crippen MR) is 88.8 cm³/mol. The molecule has 1 N–H and O–H groups in total. The van der Waals surface area contributed by atoms with Crippen LogP contribution in [0.5, 0.6) is 0 Å². The number of aryl methyl sites for hydroxylation is 1. The van der Waals surface area contributed by atoms with Crippen LogP contribution in [-0.2, 0) is 16.0 Å². The number of hydrogen-bond donors (Lipinski definition) is 1. The van der Waals surface area contributed by atoms with Crippen LogP contribution in [0.2, 0.25) is 0 Å². The molecule has 0 spiro atoms. The molecule has 0 bridgehead atoms. The van der Waals surface area contributed by atoms with E-state index < -0.39 is 0 Å². The third-order valence-electron chi connectivity index (χ3n) is 3.23. The highest BCUT2D eigenvalue weighted by atomic mass is 32.1. The van der Waals surface area contributed by atoms with Gasteiger partial charge in [-0.25, -0.2) is 4.98 Å². The zero-order valence-corrected chi connectivity index (χ0v) is 14.5. The number of thiazole rings is 1. The maximum atomic E-state index is 11.3. The predicted octanol–water partition coefficient (Wildman–Crippen LogP) is 4.27. The van der Waals surface area contributed by atoms with Gasteiger partial charge in [-0.3, -0.25) is 4.79 Å². The summed E-state index contributed by atoms with van der Waals surface area (Å²) in [6, 6.07) is 0.438. The Morgan fingerprint density at radius 1 is 1.38 bits per heavy atom. The molecule has 0 aliphatic rings. The first-order valence-corrected chi connectivity index (χ1v) is 8.75. The first kappa shape index (κ1) is 18.0. The minimum absolute atomic E-state index is 0.151. The van der Waals surface area contributed by atoms with Crippen LogP contribution in [0.4, 0.5) is 5.13 Å². The molecule has 1 unspecified atom stereocenters. The molecule has 0 radical (unpaired) electrons. The van der Waals surface area contributed by atoms with Crippen molar-refractivity contribution in [2.24, 2.45) is 5.92 Å². The Balaban J connectivity index is 2.29. The van der Waals surface area contributed by atoms with Crippen molar-refractivity contribution in [2.45, 2.75) is 65.8 Å². The summed E-state index contributed by atoms with van der Waals surface area (Å²) in [6.07, 6.45) is 4.73. The molecule has 120 valence electrons. The van der Waals surface area contributed by atoms with Crippen molar-refractivity contribution in [3.63, 3.8) is 0 Å². The van der Waals surface area contributed by atoms with E-state index in [-0.39, 0.29) is 5.97 Å². The smallest absolute Gasteiger partial charge is 0.306 e. The highest BCUT2D eigenvalue weighted by molar-refractivity contribution is 7.13. The molecule has 0 aliphatic carbocycles. The lowest BCUT2D eigenvalue weighted by atomic mass is 10.0. The Kier molecular flexibility index (Phi) is 8.35. The maximum Gasteiger partial charge on any atom is 0.306 e. The van der Waals surface area contributed by atoms with Gasteiger partial charge in [0.2, 0.25) is 0 Å². The summed E-state index contributed by atoms with van der Waals surface area (Å²) in [5, 5.41) is 6.41. The number of aromatic nitrogens is 1. The third-order valence-corrected chi connectivity index (χ3v) is 4.05. The molecule has 1 heterocycles. The molecule has 1 aromatic heterocycles. The monoisotopic (exact) mass is 312 g/mol. The minimum Gasteiger partial charge on any atom is -0.466 e. The van der Waals surface area contributed by atoms with Gasteiger partial charge in [-0.15, -0.1) is 11.3 Å². The Morgan fingerprint density at radius 3 is 2.81 bits per heavy atom. The summed E-state index contributed by atoms with van der Waals surface area (Å²) in [6.45, 7) is 8.98. The van der Waals surface area contributed by atoms with Gasteiger partial charge in [0.05, 0.1) is 18.7 Å². The zero-order chi connectivity index (χ0) is 15.7. The highest BCUT2D eigenvalue weighted by Crippen LogP contribution is 2.19. The number of nitrogens with zero attached hydrogens (tertiary/aromatic N) is 1. The van der Waals surface area contributed by atoms with Crippen LogP contribution in [0.15, 0.2) is 5.38 Å². The SMILES string of the molecule is CCOC(=O)CCc1csc(NC(C)CCCC(C)C)n1. The normalized spacial score (nSPS) is 12.4. The number of nitrogens with one attached hydrogen (secondary N) is 1. The molecule has 0 saturated heterocycles. The molecule has 0 aromatic carbocycles. The van der Waals surface area contributed by atoms with Gasteiger partial charge in [-0.2, -0.15) is 0 Å². The summed E-state index contributed by atoms with van der Waals surface area (Å²) in [5.41, 5.74) is 0.963. The fraction of sp³-hybridized carbons (Fsp3) is 0.750. The third kappa shape index (κ3) is 8.05. The van der Waals surface area contributed by atoms with Gasteiger partial charge in [0.1, 0.15) is 0 Å². The average Bonchev–Trinajstić information content (AvgIpc) is 2.84. The number of carbonyl (C=O) groups is 1. The molecule has 0 saturated carbocycles. The Morgan fingerprint density at radius 2 is 2.14 bits per heavy atom. The molecular formula is C16H28N2O2S. The standard InChI is InChI=1S/C16H28N2O2S/c1-5-20-15(19)10-9-14-11-21-16(18-14)17-13(4)8-6-7-12(2)3/h11-13H,5-10H2,1-4H3,(H,17,18). The van der Waals surface area contributed by atoms with Gasteiger partial charge >= 0.3 is 5.97 Å². The van der Waals surface area contributed by atoms with Gasteiger partial charge in [-0.05, 0) is 26.2 Å². The maximum absolute atomic E-state index is 11.3. The molecule has 5 heteroatoms. The van der Waals surface area contributed by atoms with E-state index in [9.17, 15) is 4.79 Å². The molecule has 0 amide bonds. The lowest BCUT2D eigenvalue weighted by Crippen LogP contribution is -2.15. The van der Waals surface area contributed by atoms with Gasteiger partial charge in [0, 0.05) is 17.8 Å². The van der Waals surface area contributed by atoms with Crippen LogP contribution in [0, 0.1) is 5.92 Å². The molecule has 21 heavy (non-hydrogen) atoms. The van der Waals surface area contributed by atoms with Crippen LogP contribution in [0.3, 0.4) is 0 Å². The van der Waals surface area contributed by atoms with Crippen molar-refractivity contribution in [3.05, 3.63) is 11.1 Å². The number of rotatable bonds is 10. The van der Waals surface area contributed by atoms with Gasteiger partial charge < -0.3 is 10.1 Å². The quantitative estimate of drug-likeness (QED) is 0.656. The molecule has 1 aromatic rings. The van der Waals surface area contributed by atoms with Crippen LogP contribution in [-0.4, -0.2) is 23.6 Å². The lowest BCUT2D eigenvalue weighted by Gasteiger charge is -2.13. The molecule has 1 rings (SSSR count). The zero-order valence-electron chi connectivity index (χ0n) is 13.6. The van der Waals surface area contributed by atoms with Crippen LogP contribution < -0.4 is 5.32 Å². The van der Waals surface area contributed by atoms with E-state index in [0.29, 0.717) is 25.5 Å². The van der Waals surface area contributed by atoms with Crippen molar-refractivity contribution < 1.29 is 9.53 Å². The second-order valence-electron chi connectivity index (χ2n) is 5.82. The fourth-order valence-corrected chi connectivity index (χ4v) is 2.92. The molecule has 0 aliphatic heterocycles. The summed E-state index contributed by atoms with van der Waals surface area (Å²) in [7, 11) is 0. The van der Waals surface area contributed by atoms with E-state index in [1.807, 2.05) is 12.3 Å². The Bertz CT molecular complexity index is 418.